The summed E-state index contributed by atoms with van der Waals surface area (Å²) in [6, 6.07) is 12.6. The number of carbonyl (C=O) groups excluding carboxylic acids is 2. The highest BCUT2D eigenvalue weighted by atomic mass is 32.2. The van der Waals surface area contributed by atoms with E-state index >= 15 is 0 Å². The molecule has 0 aliphatic carbocycles. The Balaban J connectivity index is 1.49. The fourth-order valence-corrected chi connectivity index (χ4v) is 4.56. The molecule has 3 aromatic rings. The predicted octanol–water partition coefficient (Wildman–Crippen LogP) is 2.08. The van der Waals surface area contributed by atoms with E-state index in [0.29, 0.717) is 37.6 Å². The van der Waals surface area contributed by atoms with Gasteiger partial charge in [0.15, 0.2) is 0 Å². The van der Waals surface area contributed by atoms with Crippen LogP contribution in [0.2, 0.25) is 0 Å². The van der Waals surface area contributed by atoms with Gasteiger partial charge in [0.05, 0.1) is 35.6 Å². The van der Waals surface area contributed by atoms with Gasteiger partial charge >= 0.3 is 5.69 Å². The first-order chi connectivity index (χ1) is 15.0. The summed E-state index contributed by atoms with van der Waals surface area (Å²) in [5, 5.41) is 2.91. The van der Waals surface area contributed by atoms with Crippen molar-refractivity contribution in [3.63, 3.8) is 0 Å². The summed E-state index contributed by atoms with van der Waals surface area (Å²) in [4.78, 5) is 40.1. The molecular formula is C22H24N4O4S. The van der Waals surface area contributed by atoms with Gasteiger partial charge in [0, 0.05) is 37.8 Å². The van der Waals surface area contributed by atoms with Crippen molar-refractivity contribution in [2.24, 2.45) is 14.1 Å². The van der Waals surface area contributed by atoms with E-state index in [2.05, 4.69) is 5.32 Å². The van der Waals surface area contributed by atoms with Crippen molar-refractivity contribution >= 4 is 40.3 Å². The predicted molar refractivity (Wildman–Crippen MR) is 121 cm³/mol. The van der Waals surface area contributed by atoms with Gasteiger partial charge in [-0.2, -0.15) is 0 Å². The molecule has 1 saturated heterocycles. The van der Waals surface area contributed by atoms with E-state index in [1.54, 1.807) is 52.4 Å². The van der Waals surface area contributed by atoms with Crippen LogP contribution in [0.25, 0.3) is 11.0 Å². The molecule has 0 saturated carbocycles. The molecule has 1 aromatic heterocycles. The van der Waals surface area contributed by atoms with Gasteiger partial charge in [-0.3, -0.25) is 18.7 Å². The third kappa shape index (κ3) is 4.38. The Hall–Kier alpha value is -3.04. The summed E-state index contributed by atoms with van der Waals surface area (Å²) >= 11 is 1.36. The number of aryl methyl sites for hydroxylation is 2. The first-order valence-electron chi connectivity index (χ1n) is 10.00. The van der Waals surface area contributed by atoms with Crippen LogP contribution in [-0.4, -0.2) is 57.9 Å². The van der Waals surface area contributed by atoms with Gasteiger partial charge in [0.2, 0.25) is 5.91 Å². The number of ether oxygens (including phenoxy) is 1. The largest absolute Gasteiger partial charge is 0.378 e. The Morgan fingerprint density at radius 1 is 1.03 bits per heavy atom. The summed E-state index contributed by atoms with van der Waals surface area (Å²) in [6.07, 6.45) is 0. The van der Waals surface area contributed by atoms with Crippen LogP contribution < -0.4 is 11.0 Å². The second-order valence-corrected chi connectivity index (χ2v) is 8.35. The average molecular weight is 441 g/mol. The second kappa shape index (κ2) is 8.99. The number of thioether (sulfide) groups is 1. The number of rotatable bonds is 5. The van der Waals surface area contributed by atoms with Crippen LogP contribution in [-0.2, 0) is 23.6 Å². The molecule has 0 unspecified atom stereocenters. The Kier molecular flexibility index (Phi) is 6.15. The number of benzene rings is 2. The summed E-state index contributed by atoms with van der Waals surface area (Å²) < 4.78 is 8.40. The number of imidazole rings is 1. The van der Waals surface area contributed by atoms with Crippen LogP contribution in [0.5, 0.6) is 0 Å². The first-order valence-corrected chi connectivity index (χ1v) is 11.0. The maximum absolute atomic E-state index is 13.0. The maximum atomic E-state index is 13.0. The van der Waals surface area contributed by atoms with E-state index in [1.807, 2.05) is 18.2 Å². The molecule has 1 N–H and O–H groups in total. The summed E-state index contributed by atoms with van der Waals surface area (Å²) in [5.41, 5.74) is 2.52. The van der Waals surface area contributed by atoms with Crippen molar-refractivity contribution in [1.29, 1.82) is 0 Å². The van der Waals surface area contributed by atoms with Crippen molar-refractivity contribution in [3.05, 3.63) is 58.5 Å². The standard InChI is InChI=1S/C22H24N4O4S/c1-24-17-8-7-15(13-18(17)25(2)22(24)29)23-21(28)16-5-3-4-6-19(16)31-14-20(27)26-9-11-30-12-10-26/h3-8,13H,9-12,14H2,1-2H3,(H,23,28). The molecule has 1 aliphatic heterocycles. The normalized spacial score (nSPS) is 14.1. The van der Waals surface area contributed by atoms with Crippen LogP contribution in [0.4, 0.5) is 5.69 Å². The van der Waals surface area contributed by atoms with E-state index < -0.39 is 0 Å². The average Bonchev–Trinajstić information content (AvgIpc) is 3.01. The molecule has 2 heterocycles. The highest BCUT2D eigenvalue weighted by Gasteiger charge is 2.19. The van der Waals surface area contributed by atoms with E-state index in [9.17, 15) is 14.4 Å². The lowest BCUT2D eigenvalue weighted by Crippen LogP contribution is -2.41. The molecule has 0 spiro atoms. The van der Waals surface area contributed by atoms with Crippen LogP contribution in [0.3, 0.4) is 0 Å². The molecule has 162 valence electrons. The zero-order valence-electron chi connectivity index (χ0n) is 17.5. The fourth-order valence-electron chi connectivity index (χ4n) is 3.61. The number of fused-ring (bicyclic) bond motifs is 1. The molecule has 31 heavy (non-hydrogen) atoms. The van der Waals surface area contributed by atoms with Gasteiger partial charge in [0.25, 0.3) is 5.91 Å². The van der Waals surface area contributed by atoms with Gasteiger partial charge in [-0.25, -0.2) is 4.79 Å². The van der Waals surface area contributed by atoms with Crippen molar-refractivity contribution in [2.45, 2.75) is 4.90 Å². The SMILES string of the molecule is Cn1c(=O)n(C)c2cc(NC(=O)c3ccccc3SCC(=O)N3CCOCC3)ccc21. The van der Waals surface area contributed by atoms with Crippen molar-refractivity contribution in [1.82, 2.24) is 14.0 Å². The van der Waals surface area contributed by atoms with Crippen molar-refractivity contribution in [2.75, 3.05) is 37.4 Å². The lowest BCUT2D eigenvalue weighted by molar-refractivity contribution is -0.132. The lowest BCUT2D eigenvalue weighted by Gasteiger charge is -2.26. The third-order valence-electron chi connectivity index (χ3n) is 5.38. The highest BCUT2D eigenvalue weighted by molar-refractivity contribution is 8.00. The van der Waals surface area contributed by atoms with Crippen LogP contribution in [0.1, 0.15) is 10.4 Å². The number of nitrogens with one attached hydrogen (secondary N) is 1. The Labute approximate surface area is 183 Å². The highest BCUT2D eigenvalue weighted by Crippen LogP contribution is 2.25. The number of morpholine rings is 1. The molecule has 2 amide bonds. The number of carbonyl (C=O) groups is 2. The van der Waals surface area contributed by atoms with E-state index in [0.717, 1.165) is 15.9 Å². The number of nitrogens with zero attached hydrogens (tertiary/aromatic N) is 3. The second-order valence-electron chi connectivity index (χ2n) is 7.34. The number of hydrogen-bond acceptors (Lipinski definition) is 5. The number of anilines is 1. The van der Waals surface area contributed by atoms with Gasteiger partial charge in [-0.1, -0.05) is 12.1 Å². The molecule has 2 aromatic carbocycles. The Morgan fingerprint density at radius 3 is 2.52 bits per heavy atom. The zero-order chi connectivity index (χ0) is 22.0. The zero-order valence-corrected chi connectivity index (χ0v) is 18.3. The Morgan fingerprint density at radius 2 is 1.74 bits per heavy atom. The number of aromatic nitrogens is 2. The molecule has 0 radical (unpaired) electrons. The quantitative estimate of drug-likeness (QED) is 0.614. The van der Waals surface area contributed by atoms with Crippen LogP contribution in [0, 0.1) is 0 Å². The fraction of sp³-hybridized carbons (Fsp3) is 0.318. The van der Waals surface area contributed by atoms with Crippen LogP contribution in [0.15, 0.2) is 52.2 Å². The minimum Gasteiger partial charge on any atom is -0.378 e. The van der Waals surface area contributed by atoms with Crippen LogP contribution >= 0.6 is 11.8 Å². The lowest BCUT2D eigenvalue weighted by atomic mass is 10.2. The van der Waals surface area contributed by atoms with E-state index in [1.165, 1.54) is 11.8 Å². The van der Waals surface area contributed by atoms with Gasteiger partial charge < -0.3 is 15.0 Å². The summed E-state index contributed by atoms with van der Waals surface area (Å²) in [7, 11) is 3.42. The monoisotopic (exact) mass is 440 g/mol. The Bertz CT molecular complexity index is 1190. The van der Waals surface area contributed by atoms with Crippen molar-refractivity contribution in [3.8, 4) is 0 Å². The molecule has 1 fully saturated rings. The van der Waals surface area contributed by atoms with E-state index in [-0.39, 0.29) is 23.3 Å². The molecule has 0 atom stereocenters. The molecule has 9 heteroatoms. The van der Waals surface area contributed by atoms with Crippen molar-refractivity contribution < 1.29 is 14.3 Å². The molecule has 8 nitrogen and oxygen atoms in total. The first kappa shape index (κ1) is 21.2. The molecule has 0 bridgehead atoms. The number of amides is 2. The minimum absolute atomic E-state index is 0.0407. The van der Waals surface area contributed by atoms with Gasteiger partial charge in [0.1, 0.15) is 0 Å². The maximum Gasteiger partial charge on any atom is 0.328 e. The molecule has 4 rings (SSSR count). The molecular weight excluding hydrogens is 416 g/mol. The summed E-state index contributed by atoms with van der Waals surface area (Å²) in [6.45, 7) is 2.33. The third-order valence-corrected chi connectivity index (χ3v) is 6.43. The van der Waals surface area contributed by atoms with Gasteiger partial charge in [-0.05, 0) is 30.3 Å². The van der Waals surface area contributed by atoms with Gasteiger partial charge in [-0.15, -0.1) is 11.8 Å². The topological polar surface area (TPSA) is 85.6 Å². The minimum atomic E-state index is -0.262. The van der Waals surface area contributed by atoms with E-state index in [4.69, 9.17) is 4.74 Å². The number of hydrogen-bond donors (Lipinski definition) is 1. The summed E-state index contributed by atoms with van der Waals surface area (Å²) in [5.74, 6) is 0.0451. The molecule has 1 aliphatic rings. The smallest absolute Gasteiger partial charge is 0.328 e.